The summed E-state index contributed by atoms with van der Waals surface area (Å²) in [5.74, 6) is 0.618. The third kappa shape index (κ3) is 3.35. The zero-order valence-electron chi connectivity index (χ0n) is 12.7. The number of rotatable bonds is 4. The van der Waals surface area contributed by atoms with Gasteiger partial charge in [0.25, 0.3) is 0 Å². The largest absolute Gasteiger partial charge is 0.465 e. The molecule has 1 aliphatic rings. The molecular weight excluding hydrogens is 286 g/mol. The second kappa shape index (κ2) is 6.28. The maximum absolute atomic E-state index is 11.8. The fourth-order valence-corrected chi connectivity index (χ4v) is 4.28. The lowest BCUT2D eigenvalue weighted by atomic mass is 10.0. The van der Waals surface area contributed by atoms with E-state index in [-0.39, 0.29) is 17.9 Å². The molecule has 1 amide bonds. The van der Waals surface area contributed by atoms with Crippen molar-refractivity contribution in [2.24, 2.45) is 0 Å². The maximum atomic E-state index is 11.8. The van der Waals surface area contributed by atoms with Crippen LogP contribution in [0.5, 0.6) is 0 Å². The molecule has 0 unspecified atom stereocenters. The summed E-state index contributed by atoms with van der Waals surface area (Å²) in [5, 5.41) is 18.9. The molecule has 2 atom stereocenters. The van der Waals surface area contributed by atoms with Crippen LogP contribution in [0.1, 0.15) is 37.1 Å². The van der Waals surface area contributed by atoms with Crippen LogP contribution in [-0.2, 0) is 6.42 Å². The fourth-order valence-electron chi connectivity index (χ4n) is 3.07. The number of aliphatic hydroxyl groups is 1. The Hall–Kier alpha value is -1.20. The molecule has 0 saturated heterocycles. The lowest BCUT2D eigenvalue weighted by Crippen LogP contribution is -2.52. The van der Waals surface area contributed by atoms with Crippen LogP contribution in [0.4, 0.5) is 4.79 Å². The van der Waals surface area contributed by atoms with Gasteiger partial charge in [0.2, 0.25) is 0 Å². The van der Waals surface area contributed by atoms with E-state index in [0.717, 1.165) is 6.42 Å². The van der Waals surface area contributed by atoms with Crippen molar-refractivity contribution in [2.45, 2.75) is 44.0 Å². The topological polar surface area (TPSA) is 60.8 Å². The number of carbonyl (C=O) groups is 1. The molecule has 4 nitrogen and oxygen atoms in total. The minimum Gasteiger partial charge on any atom is -0.465 e. The summed E-state index contributed by atoms with van der Waals surface area (Å²) in [5.41, 5.74) is 1.97. The third-order valence-electron chi connectivity index (χ3n) is 3.79. The Kier molecular flexibility index (Phi) is 4.84. The molecule has 1 aromatic carbocycles. The molecule has 1 aliphatic carbocycles. The number of nitrogens with zero attached hydrogens (tertiary/aromatic N) is 1. The Morgan fingerprint density at radius 3 is 2.62 bits per heavy atom. The van der Waals surface area contributed by atoms with Gasteiger partial charge >= 0.3 is 6.09 Å². The first-order chi connectivity index (χ1) is 9.86. The first-order valence-electron chi connectivity index (χ1n) is 7.18. The number of benzene rings is 1. The van der Waals surface area contributed by atoms with Crippen LogP contribution >= 0.6 is 11.8 Å². The quantitative estimate of drug-likeness (QED) is 0.897. The van der Waals surface area contributed by atoms with Crippen LogP contribution in [0, 0.1) is 0 Å². The van der Waals surface area contributed by atoms with E-state index < -0.39 is 11.6 Å². The molecule has 5 heteroatoms. The van der Waals surface area contributed by atoms with Crippen molar-refractivity contribution in [3.63, 3.8) is 0 Å². The summed E-state index contributed by atoms with van der Waals surface area (Å²) < 4.78 is 0. The highest BCUT2D eigenvalue weighted by molar-refractivity contribution is 7.99. The molecule has 1 aromatic rings. The summed E-state index contributed by atoms with van der Waals surface area (Å²) >= 11 is 1.64. The van der Waals surface area contributed by atoms with Gasteiger partial charge in [0.1, 0.15) is 0 Å². The van der Waals surface area contributed by atoms with Crippen molar-refractivity contribution in [1.29, 1.82) is 0 Å². The van der Waals surface area contributed by atoms with E-state index in [1.807, 2.05) is 32.9 Å². The molecule has 0 bridgehead atoms. The molecule has 0 aromatic heterocycles. The van der Waals surface area contributed by atoms with Crippen LogP contribution < -0.4 is 0 Å². The lowest BCUT2D eigenvalue weighted by Gasteiger charge is -2.40. The van der Waals surface area contributed by atoms with Crippen LogP contribution in [0.25, 0.3) is 0 Å². The van der Waals surface area contributed by atoms with E-state index in [1.165, 1.54) is 11.1 Å². The molecule has 2 N–H and O–H groups in total. The number of hydrogen-bond donors (Lipinski definition) is 2. The fraction of sp³-hybridized carbons (Fsp3) is 0.562. The van der Waals surface area contributed by atoms with Gasteiger partial charge in [-0.05, 0) is 38.3 Å². The highest BCUT2D eigenvalue weighted by Crippen LogP contribution is 2.45. The van der Waals surface area contributed by atoms with E-state index >= 15 is 0 Å². The second-order valence-electron chi connectivity index (χ2n) is 6.31. The van der Waals surface area contributed by atoms with Gasteiger partial charge in [-0.3, -0.25) is 4.90 Å². The summed E-state index contributed by atoms with van der Waals surface area (Å²) in [6.07, 6.45) is -0.141. The first-order valence-corrected chi connectivity index (χ1v) is 8.23. The van der Waals surface area contributed by atoms with Crippen molar-refractivity contribution >= 4 is 17.9 Å². The van der Waals surface area contributed by atoms with E-state index in [4.69, 9.17) is 5.11 Å². The SMILES string of the molecule is CC(C)(C)N(C(=O)O)[C@@H]1Cc2ccccc2[C@H]1SCCO. The number of carboxylic acid groups (broad SMARTS) is 1. The van der Waals surface area contributed by atoms with Crippen molar-refractivity contribution in [3.8, 4) is 0 Å². The van der Waals surface area contributed by atoms with Gasteiger partial charge in [-0.25, -0.2) is 4.79 Å². The molecule has 0 heterocycles. The molecule has 0 aliphatic heterocycles. The normalized spacial score (nSPS) is 21.1. The number of fused-ring (bicyclic) bond motifs is 1. The van der Waals surface area contributed by atoms with Crippen molar-refractivity contribution in [1.82, 2.24) is 4.90 Å². The smallest absolute Gasteiger partial charge is 0.408 e. The van der Waals surface area contributed by atoms with Gasteiger partial charge in [-0.2, -0.15) is 0 Å². The minimum absolute atomic E-state index is 0.0866. The second-order valence-corrected chi connectivity index (χ2v) is 7.56. The van der Waals surface area contributed by atoms with Gasteiger partial charge in [0.15, 0.2) is 0 Å². The maximum Gasteiger partial charge on any atom is 0.408 e. The molecule has 116 valence electrons. The zero-order valence-corrected chi connectivity index (χ0v) is 13.6. The van der Waals surface area contributed by atoms with Crippen molar-refractivity contribution < 1.29 is 15.0 Å². The molecule has 2 rings (SSSR count). The van der Waals surface area contributed by atoms with Crippen LogP contribution in [0.3, 0.4) is 0 Å². The summed E-state index contributed by atoms with van der Waals surface area (Å²) in [6.45, 7) is 5.90. The Balaban J connectivity index is 2.36. The number of amides is 1. The molecule has 0 saturated carbocycles. The Morgan fingerprint density at radius 1 is 1.38 bits per heavy atom. The lowest BCUT2D eigenvalue weighted by molar-refractivity contribution is 0.0722. The molecule has 0 spiro atoms. The van der Waals surface area contributed by atoms with Crippen LogP contribution in [0.2, 0.25) is 0 Å². The predicted octanol–water partition coefficient (Wildman–Crippen LogP) is 3.16. The van der Waals surface area contributed by atoms with Crippen molar-refractivity contribution in [3.05, 3.63) is 35.4 Å². The Morgan fingerprint density at radius 2 is 2.05 bits per heavy atom. The predicted molar refractivity (Wildman–Crippen MR) is 85.8 cm³/mol. The summed E-state index contributed by atoms with van der Waals surface area (Å²) in [7, 11) is 0. The van der Waals surface area contributed by atoms with E-state index in [0.29, 0.717) is 5.75 Å². The minimum atomic E-state index is -0.880. The average molecular weight is 309 g/mol. The molecule has 0 radical (unpaired) electrons. The summed E-state index contributed by atoms with van der Waals surface area (Å²) in [4.78, 5) is 13.3. The number of aliphatic hydroxyl groups excluding tert-OH is 1. The zero-order chi connectivity index (χ0) is 15.6. The highest BCUT2D eigenvalue weighted by atomic mass is 32.2. The van der Waals surface area contributed by atoms with Gasteiger partial charge in [0, 0.05) is 11.3 Å². The Bertz CT molecular complexity index is 512. The standard InChI is InChI=1S/C16H23NO3S/c1-16(2,3)17(15(19)20)13-10-11-6-4-5-7-12(11)14(13)21-9-8-18/h4-7,13-14,18H,8-10H2,1-3H3,(H,19,20)/t13-,14-/m1/s1. The van der Waals surface area contributed by atoms with Gasteiger partial charge < -0.3 is 10.2 Å². The molecule has 21 heavy (non-hydrogen) atoms. The summed E-state index contributed by atoms with van der Waals surface area (Å²) in [6, 6.07) is 8.06. The van der Waals surface area contributed by atoms with E-state index in [9.17, 15) is 9.90 Å². The first kappa shape index (κ1) is 16.2. The monoisotopic (exact) mass is 309 g/mol. The van der Waals surface area contributed by atoms with Crippen LogP contribution in [0.15, 0.2) is 24.3 Å². The average Bonchev–Trinajstić information content (AvgIpc) is 2.72. The third-order valence-corrected chi connectivity index (χ3v) is 5.13. The van der Waals surface area contributed by atoms with E-state index in [2.05, 4.69) is 12.1 Å². The van der Waals surface area contributed by atoms with Crippen LogP contribution in [-0.4, -0.2) is 45.1 Å². The van der Waals surface area contributed by atoms with E-state index in [1.54, 1.807) is 16.7 Å². The molecule has 0 fully saturated rings. The van der Waals surface area contributed by atoms with Crippen molar-refractivity contribution in [2.75, 3.05) is 12.4 Å². The highest BCUT2D eigenvalue weighted by Gasteiger charge is 2.42. The van der Waals surface area contributed by atoms with Gasteiger partial charge in [0.05, 0.1) is 17.9 Å². The molecular formula is C16H23NO3S. The number of hydrogen-bond acceptors (Lipinski definition) is 3. The van der Waals surface area contributed by atoms with Gasteiger partial charge in [-0.1, -0.05) is 24.3 Å². The number of thioether (sulfide) groups is 1. The van der Waals surface area contributed by atoms with Gasteiger partial charge in [-0.15, -0.1) is 11.8 Å². The Labute approximate surface area is 130 Å².